The molecular formula is C28H42ClN3O5. The Bertz CT molecular complexity index is 959. The third kappa shape index (κ3) is 5.86. The zero-order valence-corrected chi connectivity index (χ0v) is 22.8. The quantitative estimate of drug-likeness (QED) is 0.556. The summed E-state index contributed by atoms with van der Waals surface area (Å²) in [6, 6.07) is 5.46. The Hall–Kier alpha value is -2.03. The maximum absolute atomic E-state index is 13.7. The Morgan fingerprint density at radius 3 is 2.43 bits per heavy atom. The van der Waals surface area contributed by atoms with Crippen LogP contribution in [-0.4, -0.2) is 76.8 Å². The highest BCUT2D eigenvalue weighted by molar-refractivity contribution is 6.00. The average Bonchev–Trinajstić information content (AvgIpc) is 2.89. The van der Waals surface area contributed by atoms with E-state index in [-0.39, 0.29) is 24.2 Å². The van der Waals surface area contributed by atoms with Crippen molar-refractivity contribution in [2.75, 3.05) is 32.8 Å². The van der Waals surface area contributed by atoms with Crippen LogP contribution >= 0.6 is 12.4 Å². The number of aliphatic hydroxyl groups is 1. The summed E-state index contributed by atoms with van der Waals surface area (Å²) < 4.78 is 11.4. The summed E-state index contributed by atoms with van der Waals surface area (Å²) in [6.45, 7) is 6.11. The van der Waals surface area contributed by atoms with E-state index in [4.69, 9.17) is 9.47 Å². The number of nitrogens with one attached hydrogen (secondary N) is 1. The molecule has 2 saturated heterocycles. The SMILES string of the molecule is CCCCN1C(=O)C(CC2(O)CCCCC2)NC(=O)C12CCN(Cc1ccc3c(c1)OCCO3)CC2.Cl. The number of carbonyl (C=O) groups is 2. The van der Waals surface area contributed by atoms with Gasteiger partial charge in [-0.05, 0) is 49.8 Å². The van der Waals surface area contributed by atoms with Crippen molar-refractivity contribution >= 4 is 24.2 Å². The van der Waals surface area contributed by atoms with Crippen LogP contribution in [0, 0.1) is 0 Å². The summed E-state index contributed by atoms with van der Waals surface area (Å²) in [6.07, 6.45) is 7.91. The van der Waals surface area contributed by atoms with E-state index >= 15 is 0 Å². The number of hydrogen-bond acceptors (Lipinski definition) is 6. The van der Waals surface area contributed by atoms with Gasteiger partial charge in [-0.3, -0.25) is 14.5 Å². The molecule has 1 aromatic rings. The molecule has 3 heterocycles. The van der Waals surface area contributed by atoms with Crippen LogP contribution in [0.1, 0.15) is 76.7 Å². The molecule has 206 valence electrons. The number of halogens is 1. The lowest BCUT2D eigenvalue weighted by atomic mass is 9.77. The lowest BCUT2D eigenvalue weighted by Gasteiger charge is -2.52. The van der Waals surface area contributed by atoms with Gasteiger partial charge in [0.15, 0.2) is 11.5 Å². The van der Waals surface area contributed by atoms with Crippen LogP contribution < -0.4 is 14.8 Å². The lowest BCUT2D eigenvalue weighted by Crippen LogP contribution is -2.73. The van der Waals surface area contributed by atoms with Crippen molar-refractivity contribution in [2.24, 2.45) is 0 Å². The van der Waals surface area contributed by atoms with Gasteiger partial charge in [-0.1, -0.05) is 38.7 Å². The molecule has 0 aromatic heterocycles. The molecule has 4 aliphatic rings. The minimum absolute atomic E-state index is 0. The Kier molecular flexibility index (Phi) is 8.92. The zero-order valence-electron chi connectivity index (χ0n) is 22.0. The van der Waals surface area contributed by atoms with Crippen molar-refractivity contribution in [1.82, 2.24) is 15.1 Å². The highest BCUT2D eigenvalue weighted by atomic mass is 35.5. The van der Waals surface area contributed by atoms with Crippen molar-refractivity contribution in [1.29, 1.82) is 0 Å². The fourth-order valence-electron chi connectivity index (χ4n) is 6.47. The number of likely N-dealkylation sites (tertiary alicyclic amines) is 1. The van der Waals surface area contributed by atoms with Gasteiger partial charge in [-0.15, -0.1) is 12.4 Å². The molecule has 8 nitrogen and oxygen atoms in total. The molecule has 3 fully saturated rings. The predicted octanol–water partition coefficient (Wildman–Crippen LogP) is 3.43. The maximum atomic E-state index is 13.7. The monoisotopic (exact) mass is 535 g/mol. The van der Waals surface area contributed by atoms with Gasteiger partial charge in [0, 0.05) is 32.6 Å². The second kappa shape index (κ2) is 11.8. The normalized spacial score (nSPS) is 24.9. The van der Waals surface area contributed by atoms with E-state index in [2.05, 4.69) is 23.2 Å². The molecule has 1 spiro atoms. The Morgan fingerprint density at radius 1 is 1.03 bits per heavy atom. The van der Waals surface area contributed by atoms with Gasteiger partial charge >= 0.3 is 0 Å². The molecule has 1 aliphatic carbocycles. The van der Waals surface area contributed by atoms with E-state index in [1.807, 2.05) is 17.0 Å². The van der Waals surface area contributed by atoms with Crippen LogP contribution in [0.3, 0.4) is 0 Å². The van der Waals surface area contributed by atoms with Crippen LogP contribution in [0.5, 0.6) is 11.5 Å². The van der Waals surface area contributed by atoms with Gasteiger partial charge in [-0.2, -0.15) is 0 Å². The van der Waals surface area contributed by atoms with Gasteiger partial charge in [-0.25, -0.2) is 0 Å². The molecule has 3 aliphatic heterocycles. The Balaban J connectivity index is 0.00000320. The summed E-state index contributed by atoms with van der Waals surface area (Å²) >= 11 is 0. The summed E-state index contributed by atoms with van der Waals surface area (Å²) in [5, 5.41) is 14.2. The minimum atomic E-state index is -0.847. The number of benzene rings is 1. The maximum Gasteiger partial charge on any atom is 0.246 e. The molecule has 1 saturated carbocycles. The molecule has 2 amide bonds. The number of ether oxygens (including phenoxy) is 2. The molecular weight excluding hydrogens is 494 g/mol. The van der Waals surface area contributed by atoms with Crippen LogP contribution in [0.15, 0.2) is 18.2 Å². The third-order valence-electron chi connectivity index (χ3n) is 8.61. The number of hydrogen-bond donors (Lipinski definition) is 2. The number of rotatable bonds is 7. The van der Waals surface area contributed by atoms with Crippen LogP contribution in [0.2, 0.25) is 0 Å². The standard InChI is InChI=1S/C28H41N3O5.ClH/c1-2-3-13-31-25(32)22(19-27(34)9-5-4-6-10-27)29-26(33)28(31)11-14-30(15-12-28)20-21-7-8-23-24(18-21)36-17-16-35-23;/h7-8,18,22,34H,2-6,9-17,19-20H2,1H3,(H,29,33);1H. The number of fused-ring (bicyclic) bond motifs is 1. The third-order valence-corrected chi connectivity index (χ3v) is 8.61. The van der Waals surface area contributed by atoms with Crippen molar-refractivity contribution in [2.45, 2.75) is 94.9 Å². The molecule has 2 N–H and O–H groups in total. The molecule has 0 radical (unpaired) electrons. The topological polar surface area (TPSA) is 91.3 Å². The summed E-state index contributed by atoms with van der Waals surface area (Å²) in [7, 11) is 0. The molecule has 0 bridgehead atoms. The second-order valence-corrected chi connectivity index (χ2v) is 11.1. The van der Waals surface area contributed by atoms with E-state index in [1.54, 1.807) is 0 Å². The molecule has 9 heteroatoms. The van der Waals surface area contributed by atoms with Crippen molar-refractivity contribution in [3.05, 3.63) is 23.8 Å². The summed E-state index contributed by atoms with van der Waals surface area (Å²) in [5.74, 6) is 1.53. The number of piperazine rings is 1. The first-order chi connectivity index (χ1) is 17.4. The molecule has 37 heavy (non-hydrogen) atoms. The van der Waals surface area contributed by atoms with Crippen molar-refractivity contribution in [3.63, 3.8) is 0 Å². The van der Waals surface area contributed by atoms with Crippen LogP contribution in [-0.2, 0) is 16.1 Å². The van der Waals surface area contributed by atoms with Gasteiger partial charge in [0.25, 0.3) is 0 Å². The molecule has 1 aromatic carbocycles. The van der Waals surface area contributed by atoms with E-state index in [1.165, 1.54) is 0 Å². The van der Waals surface area contributed by atoms with Gasteiger partial charge in [0.1, 0.15) is 24.8 Å². The van der Waals surface area contributed by atoms with Crippen molar-refractivity contribution < 1.29 is 24.2 Å². The van der Waals surface area contributed by atoms with E-state index in [9.17, 15) is 14.7 Å². The van der Waals surface area contributed by atoms with Crippen LogP contribution in [0.25, 0.3) is 0 Å². The van der Waals surface area contributed by atoms with Crippen molar-refractivity contribution in [3.8, 4) is 11.5 Å². The van der Waals surface area contributed by atoms with Gasteiger partial charge in [0.2, 0.25) is 11.8 Å². The predicted molar refractivity (Wildman–Crippen MR) is 143 cm³/mol. The number of carbonyl (C=O) groups excluding carboxylic acids is 2. The van der Waals surface area contributed by atoms with E-state index in [0.29, 0.717) is 51.9 Å². The van der Waals surface area contributed by atoms with Gasteiger partial charge < -0.3 is 24.8 Å². The number of nitrogens with zero attached hydrogens (tertiary/aromatic N) is 2. The first-order valence-electron chi connectivity index (χ1n) is 13.9. The lowest BCUT2D eigenvalue weighted by molar-refractivity contribution is -0.163. The average molecular weight is 536 g/mol. The number of piperidine rings is 1. The fraction of sp³-hybridized carbons (Fsp3) is 0.714. The van der Waals surface area contributed by atoms with Gasteiger partial charge in [0.05, 0.1) is 5.60 Å². The Morgan fingerprint density at radius 2 is 1.73 bits per heavy atom. The molecule has 5 rings (SSSR count). The molecule has 1 unspecified atom stereocenters. The smallest absolute Gasteiger partial charge is 0.246 e. The number of unbranched alkanes of at least 4 members (excludes halogenated alkanes) is 1. The van der Waals surface area contributed by atoms with Crippen LogP contribution in [0.4, 0.5) is 0 Å². The summed E-state index contributed by atoms with van der Waals surface area (Å²) in [4.78, 5) is 31.6. The number of amides is 2. The van der Waals surface area contributed by atoms with E-state index < -0.39 is 17.2 Å². The highest BCUT2D eigenvalue weighted by Gasteiger charge is 2.54. The fourth-order valence-corrected chi connectivity index (χ4v) is 6.47. The van der Waals surface area contributed by atoms with E-state index in [0.717, 1.165) is 68.8 Å². The zero-order chi connectivity index (χ0) is 25.2. The molecule has 1 atom stereocenters. The largest absolute Gasteiger partial charge is 0.486 e. The summed E-state index contributed by atoms with van der Waals surface area (Å²) in [5.41, 5.74) is -0.482. The Labute approximate surface area is 226 Å². The minimum Gasteiger partial charge on any atom is -0.486 e. The first kappa shape index (κ1) is 28.0. The highest BCUT2D eigenvalue weighted by Crippen LogP contribution is 2.38. The second-order valence-electron chi connectivity index (χ2n) is 11.1. The first-order valence-corrected chi connectivity index (χ1v) is 13.9.